The Labute approximate surface area is 172 Å². The Hall–Kier alpha value is -3.31. The fraction of sp³-hybridized carbons (Fsp3) is 0.130. The van der Waals surface area contributed by atoms with E-state index in [1.807, 2.05) is 60.7 Å². The van der Waals surface area contributed by atoms with Gasteiger partial charge in [0.15, 0.2) is 5.58 Å². The van der Waals surface area contributed by atoms with E-state index in [0.717, 1.165) is 11.1 Å². The summed E-state index contributed by atoms with van der Waals surface area (Å²) in [6.07, 6.45) is 0.646. The Balaban J connectivity index is 1.57. The molecule has 4 aromatic rings. The van der Waals surface area contributed by atoms with Crippen LogP contribution in [0.3, 0.4) is 0 Å². The predicted molar refractivity (Wildman–Crippen MR) is 113 cm³/mol. The monoisotopic (exact) mass is 406 g/mol. The molecule has 3 aromatic carbocycles. The number of nitrogens with one attached hydrogen (secondary N) is 1. The lowest BCUT2D eigenvalue weighted by Gasteiger charge is -2.19. The summed E-state index contributed by atoms with van der Waals surface area (Å²) in [5.41, 5.74) is 3.01. The maximum atomic E-state index is 12.8. The van der Waals surface area contributed by atoms with Crippen molar-refractivity contribution in [3.05, 3.63) is 106 Å². The number of carbonyl (C=O) groups is 1. The molecule has 1 atom stereocenters. The van der Waals surface area contributed by atoms with Crippen LogP contribution in [-0.4, -0.2) is 10.5 Å². The molecule has 1 amide bonds. The predicted octanol–water partition coefficient (Wildman–Crippen LogP) is 4.35. The second kappa shape index (κ2) is 8.37. The molecule has 0 bridgehead atoms. The zero-order chi connectivity index (χ0) is 20.2. The molecule has 0 aliphatic carbocycles. The van der Waals surface area contributed by atoms with E-state index in [0.29, 0.717) is 22.5 Å². The maximum absolute atomic E-state index is 12.8. The van der Waals surface area contributed by atoms with Crippen molar-refractivity contribution >= 4 is 28.6 Å². The van der Waals surface area contributed by atoms with Gasteiger partial charge in [-0.25, -0.2) is 4.79 Å². The van der Waals surface area contributed by atoms with Crippen molar-refractivity contribution in [2.24, 2.45) is 0 Å². The molecule has 1 N–H and O–H groups in total. The molecule has 0 aliphatic rings. The second-order valence-corrected chi connectivity index (χ2v) is 7.22. The van der Waals surface area contributed by atoms with Gasteiger partial charge in [-0.1, -0.05) is 72.3 Å². The molecule has 0 radical (unpaired) electrons. The minimum atomic E-state index is -0.586. The number of oxazole rings is 1. The number of rotatable bonds is 6. The Bertz CT molecular complexity index is 1180. The number of aromatic nitrogens is 1. The van der Waals surface area contributed by atoms with Crippen molar-refractivity contribution in [2.75, 3.05) is 0 Å². The molecule has 4 rings (SSSR count). The molecule has 1 aromatic heterocycles. The van der Waals surface area contributed by atoms with Crippen molar-refractivity contribution in [2.45, 2.75) is 19.0 Å². The van der Waals surface area contributed by atoms with Crippen LogP contribution >= 0.6 is 11.6 Å². The van der Waals surface area contributed by atoms with Crippen LogP contribution in [0, 0.1) is 0 Å². The van der Waals surface area contributed by atoms with Crippen LogP contribution in [0.25, 0.3) is 11.1 Å². The van der Waals surface area contributed by atoms with Crippen molar-refractivity contribution < 1.29 is 9.21 Å². The number of carbonyl (C=O) groups excluding carboxylic acids is 1. The lowest BCUT2D eigenvalue weighted by Crippen LogP contribution is -2.34. The quantitative estimate of drug-likeness (QED) is 0.517. The number of nitrogens with zero attached hydrogens (tertiary/aromatic N) is 1. The lowest BCUT2D eigenvalue weighted by molar-refractivity contribution is -0.122. The average molecular weight is 407 g/mol. The van der Waals surface area contributed by atoms with Crippen LogP contribution in [0.2, 0.25) is 5.02 Å². The molecular weight excluding hydrogens is 388 g/mol. The Kier molecular flexibility index (Phi) is 5.49. The molecule has 6 heteroatoms. The number of amides is 1. The van der Waals surface area contributed by atoms with Gasteiger partial charge in [0.2, 0.25) is 5.91 Å². The first kappa shape index (κ1) is 19.0. The maximum Gasteiger partial charge on any atom is 0.420 e. The summed E-state index contributed by atoms with van der Waals surface area (Å²) in [6, 6.07) is 24.4. The van der Waals surface area contributed by atoms with E-state index in [9.17, 15) is 9.59 Å². The summed E-state index contributed by atoms with van der Waals surface area (Å²) in [7, 11) is 0. The third-order valence-corrected chi connectivity index (χ3v) is 4.99. The molecular formula is C23H19ClN2O3. The molecule has 0 saturated carbocycles. The summed E-state index contributed by atoms with van der Waals surface area (Å²) >= 11 is 5.95. The van der Waals surface area contributed by atoms with Gasteiger partial charge in [0.05, 0.1) is 11.6 Å². The molecule has 29 heavy (non-hydrogen) atoms. The summed E-state index contributed by atoms with van der Waals surface area (Å²) < 4.78 is 6.52. The number of benzene rings is 3. The Morgan fingerprint density at radius 2 is 1.69 bits per heavy atom. The smallest absolute Gasteiger partial charge is 0.408 e. The number of hydrogen-bond acceptors (Lipinski definition) is 3. The molecule has 0 spiro atoms. The third-order valence-electron chi connectivity index (χ3n) is 4.75. The minimum Gasteiger partial charge on any atom is -0.408 e. The van der Waals surface area contributed by atoms with Crippen molar-refractivity contribution in [1.29, 1.82) is 0 Å². The first-order valence-corrected chi connectivity index (χ1v) is 9.65. The van der Waals surface area contributed by atoms with Gasteiger partial charge in [-0.05, 0) is 29.7 Å². The fourth-order valence-corrected chi connectivity index (χ4v) is 3.52. The molecule has 146 valence electrons. The highest BCUT2D eigenvalue weighted by molar-refractivity contribution is 6.31. The van der Waals surface area contributed by atoms with Gasteiger partial charge in [-0.3, -0.25) is 9.36 Å². The zero-order valence-electron chi connectivity index (χ0n) is 15.5. The highest BCUT2D eigenvalue weighted by Crippen LogP contribution is 2.20. The van der Waals surface area contributed by atoms with E-state index in [4.69, 9.17) is 16.0 Å². The summed E-state index contributed by atoms with van der Waals surface area (Å²) in [5, 5.41) is 3.52. The second-order valence-electron chi connectivity index (χ2n) is 6.79. The van der Waals surface area contributed by atoms with Crippen LogP contribution in [0.4, 0.5) is 0 Å². The topological polar surface area (TPSA) is 64.2 Å². The zero-order valence-corrected chi connectivity index (χ0v) is 16.3. The van der Waals surface area contributed by atoms with E-state index in [-0.39, 0.29) is 18.5 Å². The van der Waals surface area contributed by atoms with Crippen LogP contribution in [0.1, 0.15) is 17.2 Å². The highest BCUT2D eigenvalue weighted by atomic mass is 35.5. The standard InChI is InChI=1S/C23H19ClN2O3/c24-18-11-12-20-21(14-18)29-23(28)26(20)15-22(27)25-19(17-9-5-2-6-10-17)13-16-7-3-1-4-8-16/h1-12,14,19H,13,15H2,(H,25,27)/t19-/m0/s1. The first-order chi connectivity index (χ1) is 14.1. The Morgan fingerprint density at radius 1 is 1.00 bits per heavy atom. The normalized spacial score (nSPS) is 12.0. The van der Waals surface area contributed by atoms with Gasteiger partial charge >= 0.3 is 5.76 Å². The number of halogens is 1. The van der Waals surface area contributed by atoms with Gasteiger partial charge in [0.1, 0.15) is 6.54 Å². The molecule has 1 heterocycles. The minimum absolute atomic E-state index is 0.133. The number of fused-ring (bicyclic) bond motifs is 1. The van der Waals surface area contributed by atoms with E-state index in [1.54, 1.807) is 18.2 Å². The van der Waals surface area contributed by atoms with Gasteiger partial charge in [0, 0.05) is 11.1 Å². The lowest BCUT2D eigenvalue weighted by atomic mass is 9.99. The largest absolute Gasteiger partial charge is 0.420 e. The van der Waals surface area contributed by atoms with E-state index < -0.39 is 5.76 Å². The van der Waals surface area contributed by atoms with E-state index in [2.05, 4.69) is 5.32 Å². The molecule has 0 fully saturated rings. The molecule has 5 nitrogen and oxygen atoms in total. The summed E-state index contributed by atoms with van der Waals surface area (Å²) in [6.45, 7) is -0.133. The van der Waals surface area contributed by atoms with Crippen LogP contribution in [0.5, 0.6) is 0 Å². The van der Waals surface area contributed by atoms with Crippen molar-refractivity contribution in [3.8, 4) is 0 Å². The van der Waals surface area contributed by atoms with Gasteiger partial charge in [-0.15, -0.1) is 0 Å². The SMILES string of the molecule is O=C(Cn1c(=O)oc2cc(Cl)ccc21)N[C@@H](Cc1ccccc1)c1ccccc1. The third kappa shape index (κ3) is 4.41. The molecule has 0 saturated heterocycles. The van der Waals surface area contributed by atoms with Crippen LogP contribution in [-0.2, 0) is 17.8 Å². The van der Waals surface area contributed by atoms with Gasteiger partial charge in [0.25, 0.3) is 0 Å². The summed E-state index contributed by atoms with van der Waals surface area (Å²) in [4.78, 5) is 25.0. The first-order valence-electron chi connectivity index (χ1n) is 9.27. The van der Waals surface area contributed by atoms with E-state index in [1.165, 1.54) is 4.57 Å². The van der Waals surface area contributed by atoms with E-state index >= 15 is 0 Å². The van der Waals surface area contributed by atoms with Crippen molar-refractivity contribution in [3.63, 3.8) is 0 Å². The fourth-order valence-electron chi connectivity index (χ4n) is 3.36. The Morgan fingerprint density at radius 3 is 2.41 bits per heavy atom. The number of hydrogen-bond donors (Lipinski definition) is 1. The van der Waals surface area contributed by atoms with Crippen LogP contribution in [0.15, 0.2) is 88.1 Å². The summed E-state index contributed by atoms with van der Waals surface area (Å²) in [5.74, 6) is -0.855. The average Bonchev–Trinajstić information content (AvgIpc) is 3.03. The van der Waals surface area contributed by atoms with Crippen molar-refractivity contribution in [1.82, 2.24) is 9.88 Å². The molecule has 0 unspecified atom stereocenters. The molecule has 0 aliphatic heterocycles. The van der Waals surface area contributed by atoms with Gasteiger partial charge in [-0.2, -0.15) is 0 Å². The van der Waals surface area contributed by atoms with Crippen LogP contribution < -0.4 is 11.1 Å². The van der Waals surface area contributed by atoms with Gasteiger partial charge < -0.3 is 9.73 Å². The highest BCUT2D eigenvalue weighted by Gasteiger charge is 2.18.